The monoisotopic (exact) mass is 229 g/mol. The van der Waals surface area contributed by atoms with E-state index in [1.807, 2.05) is 0 Å². The molecule has 6 nitrogen and oxygen atoms in total. The molecule has 0 saturated carbocycles. The molecule has 0 heterocycles. The quantitative estimate of drug-likeness (QED) is 0.310. The van der Waals surface area contributed by atoms with Crippen LogP contribution in [0, 0.1) is 0 Å². The Labute approximate surface area is 80.9 Å². The number of thiol groups is 1. The van der Waals surface area contributed by atoms with Crippen LogP contribution in [0.4, 0.5) is 0 Å². The van der Waals surface area contributed by atoms with Crippen molar-refractivity contribution in [2.45, 2.75) is 12.5 Å². The molecule has 0 saturated heterocycles. The van der Waals surface area contributed by atoms with Crippen LogP contribution in [-0.4, -0.2) is 38.9 Å². The Kier molecular flexibility index (Phi) is 5.59. The second-order valence-electron chi connectivity index (χ2n) is 2.43. The fraction of sp³-hybridized carbons (Fsp3) is 0.800. The highest BCUT2D eigenvalue weighted by molar-refractivity contribution is 7.80. The molecule has 4 N–H and O–H groups in total. The van der Waals surface area contributed by atoms with Gasteiger partial charge in [-0.1, -0.05) is 0 Å². The maximum Gasteiger partial charge on any atom is 0.339 e. The minimum absolute atomic E-state index is 0.221. The first-order chi connectivity index (χ1) is 5.87. The second kappa shape index (κ2) is 5.62. The standard InChI is InChI=1S/C5H12NO5PS/c7-5(8)4(1-2-13)6-3-12(9,10)11/h4,6,13H,1-3H2,(H,7,8)(H2,9,10,11)/t4-/m1/s1. The smallest absolute Gasteiger partial charge is 0.339 e. The molecule has 0 amide bonds. The van der Waals surface area contributed by atoms with Gasteiger partial charge in [-0.2, -0.15) is 12.6 Å². The summed E-state index contributed by atoms with van der Waals surface area (Å²) in [6.45, 7) is 0. The Hall–Kier alpha value is -0.0700. The van der Waals surface area contributed by atoms with Crippen molar-refractivity contribution in [2.24, 2.45) is 0 Å². The molecule has 0 radical (unpaired) electrons. The molecule has 1 atom stereocenters. The molecule has 0 aromatic rings. The lowest BCUT2D eigenvalue weighted by Crippen LogP contribution is -2.37. The third-order valence-electron chi connectivity index (χ3n) is 1.26. The lowest BCUT2D eigenvalue weighted by atomic mass is 10.2. The van der Waals surface area contributed by atoms with Crippen LogP contribution in [-0.2, 0) is 9.36 Å². The van der Waals surface area contributed by atoms with Crippen LogP contribution >= 0.6 is 20.2 Å². The van der Waals surface area contributed by atoms with Crippen LogP contribution in [0.3, 0.4) is 0 Å². The van der Waals surface area contributed by atoms with E-state index in [-0.39, 0.29) is 6.42 Å². The summed E-state index contributed by atoms with van der Waals surface area (Å²) < 4.78 is 10.4. The van der Waals surface area contributed by atoms with Crippen molar-refractivity contribution in [1.82, 2.24) is 5.32 Å². The van der Waals surface area contributed by atoms with Gasteiger partial charge in [-0.15, -0.1) is 0 Å². The molecule has 0 aliphatic heterocycles. The van der Waals surface area contributed by atoms with E-state index in [0.29, 0.717) is 5.75 Å². The maximum atomic E-state index is 10.5. The first-order valence-electron chi connectivity index (χ1n) is 3.48. The maximum absolute atomic E-state index is 10.5. The van der Waals surface area contributed by atoms with Gasteiger partial charge in [0.15, 0.2) is 0 Å². The summed E-state index contributed by atoms with van der Waals surface area (Å²) in [6, 6.07) is -0.954. The number of hydrogen-bond donors (Lipinski definition) is 5. The predicted octanol–water partition coefficient (Wildman–Crippen LogP) is -0.516. The van der Waals surface area contributed by atoms with Crippen molar-refractivity contribution in [2.75, 3.05) is 12.0 Å². The van der Waals surface area contributed by atoms with Crippen LogP contribution in [0.5, 0.6) is 0 Å². The van der Waals surface area contributed by atoms with Gasteiger partial charge < -0.3 is 14.9 Å². The molecule has 0 aliphatic carbocycles. The lowest BCUT2D eigenvalue weighted by molar-refractivity contribution is -0.139. The molecule has 8 heteroatoms. The van der Waals surface area contributed by atoms with Gasteiger partial charge in [-0.05, 0) is 12.2 Å². The highest BCUT2D eigenvalue weighted by Crippen LogP contribution is 2.32. The van der Waals surface area contributed by atoms with Crippen molar-refractivity contribution in [3.05, 3.63) is 0 Å². The van der Waals surface area contributed by atoms with Gasteiger partial charge in [0.1, 0.15) is 6.04 Å². The molecule has 0 spiro atoms. The molecule has 78 valence electrons. The van der Waals surface area contributed by atoms with Gasteiger partial charge in [-0.25, -0.2) is 0 Å². The molecule has 0 unspecified atom stereocenters. The molecule has 13 heavy (non-hydrogen) atoms. The van der Waals surface area contributed by atoms with E-state index in [0.717, 1.165) is 0 Å². The van der Waals surface area contributed by atoms with Crippen LogP contribution in [0.1, 0.15) is 6.42 Å². The molecular weight excluding hydrogens is 217 g/mol. The molecular formula is C5H12NO5PS. The second-order valence-corrected chi connectivity index (χ2v) is 4.52. The SMILES string of the molecule is O=C(O)[C@@H](CCS)NCP(=O)(O)O. The van der Waals surface area contributed by atoms with E-state index in [1.54, 1.807) is 0 Å². The zero-order valence-corrected chi connectivity index (χ0v) is 8.54. The van der Waals surface area contributed by atoms with Gasteiger partial charge in [0, 0.05) is 0 Å². The number of carbonyl (C=O) groups is 1. The minimum Gasteiger partial charge on any atom is -0.480 e. The average molecular weight is 229 g/mol. The van der Waals surface area contributed by atoms with Gasteiger partial charge >= 0.3 is 13.6 Å². The summed E-state index contributed by atoms with van der Waals surface area (Å²) in [5, 5.41) is 10.8. The summed E-state index contributed by atoms with van der Waals surface area (Å²) in [7, 11) is -4.18. The fourth-order valence-corrected chi connectivity index (χ4v) is 1.39. The van der Waals surface area contributed by atoms with E-state index in [2.05, 4.69) is 17.9 Å². The van der Waals surface area contributed by atoms with Crippen LogP contribution in [0.15, 0.2) is 0 Å². The van der Waals surface area contributed by atoms with Gasteiger partial charge in [0.2, 0.25) is 0 Å². The Balaban J connectivity index is 3.97. The number of rotatable bonds is 6. The van der Waals surface area contributed by atoms with E-state index in [4.69, 9.17) is 14.9 Å². The van der Waals surface area contributed by atoms with Crippen LogP contribution in [0.25, 0.3) is 0 Å². The third-order valence-corrected chi connectivity index (χ3v) is 2.11. The topological polar surface area (TPSA) is 107 Å². The minimum atomic E-state index is -4.18. The highest BCUT2D eigenvalue weighted by atomic mass is 32.1. The number of nitrogens with one attached hydrogen (secondary N) is 1. The predicted molar refractivity (Wildman–Crippen MR) is 49.9 cm³/mol. The number of carboxylic acid groups (broad SMARTS) is 1. The first-order valence-corrected chi connectivity index (χ1v) is 5.91. The van der Waals surface area contributed by atoms with E-state index in [1.165, 1.54) is 0 Å². The Morgan fingerprint density at radius 1 is 1.54 bits per heavy atom. The summed E-state index contributed by atoms with van der Waals surface area (Å²) in [5.74, 6) is -0.798. The van der Waals surface area contributed by atoms with Crippen LogP contribution < -0.4 is 5.32 Å². The Morgan fingerprint density at radius 3 is 2.38 bits per heavy atom. The van der Waals surface area contributed by atoms with Crippen molar-refractivity contribution in [3.63, 3.8) is 0 Å². The van der Waals surface area contributed by atoms with Crippen molar-refractivity contribution < 1.29 is 24.3 Å². The fourth-order valence-electron chi connectivity index (χ4n) is 0.671. The number of carboxylic acids is 1. The zero-order chi connectivity index (χ0) is 10.5. The molecule has 0 bridgehead atoms. The zero-order valence-electron chi connectivity index (χ0n) is 6.75. The molecule has 0 fully saturated rings. The van der Waals surface area contributed by atoms with Gasteiger partial charge in [0.25, 0.3) is 0 Å². The lowest BCUT2D eigenvalue weighted by Gasteiger charge is -2.13. The van der Waals surface area contributed by atoms with Crippen LogP contribution in [0.2, 0.25) is 0 Å². The highest BCUT2D eigenvalue weighted by Gasteiger charge is 2.20. The first kappa shape index (κ1) is 12.9. The van der Waals surface area contributed by atoms with Crippen molar-refractivity contribution in [3.8, 4) is 0 Å². The van der Waals surface area contributed by atoms with E-state index in [9.17, 15) is 9.36 Å². The van der Waals surface area contributed by atoms with Gasteiger partial charge in [-0.3, -0.25) is 14.7 Å². The molecule has 0 aliphatic rings. The Morgan fingerprint density at radius 2 is 2.08 bits per heavy atom. The average Bonchev–Trinajstić information content (AvgIpc) is 1.95. The summed E-state index contributed by atoms with van der Waals surface area (Å²) in [4.78, 5) is 27.4. The molecule has 0 rings (SSSR count). The van der Waals surface area contributed by atoms with Gasteiger partial charge in [0.05, 0.1) is 6.29 Å². The van der Waals surface area contributed by atoms with Crippen molar-refractivity contribution in [1.29, 1.82) is 0 Å². The van der Waals surface area contributed by atoms with E-state index < -0.39 is 25.9 Å². The molecule has 0 aromatic heterocycles. The Bertz CT molecular complexity index is 217. The van der Waals surface area contributed by atoms with E-state index >= 15 is 0 Å². The third kappa shape index (κ3) is 7.04. The summed E-state index contributed by atoms with van der Waals surface area (Å²) in [5.41, 5.74) is 0. The normalized spacial score (nSPS) is 14.1. The number of hydrogen-bond acceptors (Lipinski definition) is 4. The summed E-state index contributed by atoms with van der Waals surface area (Å²) >= 11 is 3.82. The largest absolute Gasteiger partial charge is 0.480 e. The molecule has 0 aromatic carbocycles. The summed E-state index contributed by atoms with van der Waals surface area (Å²) in [6.07, 6.45) is -0.407. The number of aliphatic carboxylic acids is 1. The van der Waals surface area contributed by atoms with Crippen molar-refractivity contribution >= 4 is 26.2 Å².